The Morgan fingerprint density at radius 2 is 0.523 bits per heavy atom. The molecule has 0 saturated heterocycles. The second kappa shape index (κ2) is 24.4. The van der Waals surface area contributed by atoms with E-state index in [9.17, 15) is 0 Å². The van der Waals surface area contributed by atoms with E-state index in [-0.39, 0.29) is 10.8 Å². The Morgan fingerprint density at radius 3 is 1.04 bits per heavy atom. The molecule has 4 aliphatic rings. The fourth-order valence-corrected chi connectivity index (χ4v) is 19.0. The van der Waals surface area contributed by atoms with Gasteiger partial charge in [0.15, 0.2) is 11.5 Å². The molecule has 0 saturated carbocycles. The summed E-state index contributed by atoms with van der Waals surface area (Å²) in [5, 5.41) is 15.0. The summed E-state index contributed by atoms with van der Waals surface area (Å²) in [7, 11) is 6.50. The topological polar surface area (TPSA) is 19.0 Å². The minimum Gasteiger partial charge on any atom is -0.453 e. The van der Waals surface area contributed by atoms with Gasteiger partial charge in [-0.1, -0.05) is 282 Å². The van der Waals surface area contributed by atoms with Crippen molar-refractivity contribution in [3.63, 3.8) is 0 Å². The van der Waals surface area contributed by atoms with Crippen LogP contribution in [-0.2, 0) is 10.8 Å². The summed E-state index contributed by atoms with van der Waals surface area (Å²) in [6.45, 7) is 9.49. The molecule has 0 fully saturated rings. The number of ether oxygens (including phenoxy) is 1. The highest BCUT2D eigenvalue weighted by Gasteiger charge is 2.38. The van der Waals surface area contributed by atoms with Crippen molar-refractivity contribution in [1.82, 2.24) is 0 Å². The average molecular weight is 1400 g/mol. The van der Waals surface area contributed by atoms with E-state index in [1.165, 1.54) is 199 Å². The molecule has 0 atom stereocenters. The summed E-state index contributed by atoms with van der Waals surface area (Å²) in [4.78, 5) is 6.91. The molecule has 109 heavy (non-hydrogen) atoms. The Kier molecular flexibility index (Phi) is 14.3. The molecule has 0 aromatic heterocycles. The largest absolute Gasteiger partial charge is 0.453 e. The fraction of sp³-hybridized carbons (Fsp3) is 0.0857. The molecule has 0 radical (unpaired) electrons. The van der Waals surface area contributed by atoms with Crippen LogP contribution in [-0.4, -0.2) is 21.1 Å². The highest BCUT2D eigenvalue weighted by molar-refractivity contribution is 6.24. The molecule has 18 aromatic rings. The van der Waals surface area contributed by atoms with Crippen molar-refractivity contribution in [3.8, 4) is 101 Å². The average Bonchev–Trinajstić information content (AvgIpc) is 1.68. The highest BCUT2D eigenvalue weighted by Crippen LogP contribution is 2.57. The Morgan fingerprint density at radius 1 is 0.202 bits per heavy atom. The summed E-state index contributed by atoms with van der Waals surface area (Å²) in [6.07, 6.45) is 0. The van der Waals surface area contributed by atoms with Gasteiger partial charge in [0.05, 0.1) is 34.1 Å². The van der Waals surface area contributed by atoms with E-state index in [1.807, 2.05) is 12.1 Å². The molecule has 0 amide bonds. The molecule has 22 rings (SSSR count). The van der Waals surface area contributed by atoms with Crippen LogP contribution in [0.3, 0.4) is 0 Å². The van der Waals surface area contributed by atoms with Crippen molar-refractivity contribution >= 4 is 98.8 Å². The van der Waals surface area contributed by atoms with Gasteiger partial charge in [-0.05, 0) is 261 Å². The van der Waals surface area contributed by atoms with Crippen LogP contribution in [0.5, 0.6) is 11.5 Å². The quantitative estimate of drug-likeness (QED) is 0.154. The van der Waals surface area contributed by atoms with E-state index in [0.717, 1.165) is 22.9 Å². The van der Waals surface area contributed by atoms with E-state index < -0.39 is 0 Å². The summed E-state index contributed by atoms with van der Waals surface area (Å²) in [5.74, 6) is 1.74. The summed E-state index contributed by atoms with van der Waals surface area (Å²) in [6, 6.07) is 126. The van der Waals surface area contributed by atoms with Gasteiger partial charge in [-0.2, -0.15) is 0 Å². The molecule has 2 aliphatic heterocycles. The van der Waals surface area contributed by atoms with Gasteiger partial charge in [0, 0.05) is 32.0 Å². The third-order valence-corrected chi connectivity index (χ3v) is 24.6. The second-order valence-electron chi connectivity index (χ2n) is 31.2. The van der Waals surface area contributed by atoms with Crippen molar-refractivity contribution in [3.05, 3.63) is 362 Å². The Bertz CT molecular complexity index is 6910. The minimum atomic E-state index is -0.0976. The molecule has 4 heteroatoms. The summed E-state index contributed by atoms with van der Waals surface area (Å²) >= 11 is 0. The van der Waals surface area contributed by atoms with Gasteiger partial charge >= 0.3 is 0 Å². The van der Waals surface area contributed by atoms with Crippen LogP contribution in [0.4, 0.5) is 34.1 Å². The zero-order chi connectivity index (χ0) is 73.1. The van der Waals surface area contributed by atoms with Crippen LogP contribution in [0.2, 0.25) is 0 Å². The molecule has 4 nitrogen and oxygen atoms in total. The predicted molar refractivity (Wildman–Crippen MR) is 463 cm³/mol. The molecular formula is C105H77N3O. The molecule has 0 bridgehead atoms. The zero-order valence-electron chi connectivity index (χ0n) is 62.1. The lowest BCUT2D eigenvalue weighted by atomic mass is 9.80. The number of hydrogen-bond donors (Lipinski definition) is 0. The number of nitrogens with zero attached hydrogens (tertiary/aromatic N) is 3. The normalized spacial score (nSPS) is 13.8. The van der Waals surface area contributed by atoms with E-state index in [0.29, 0.717) is 0 Å². The van der Waals surface area contributed by atoms with Crippen LogP contribution < -0.4 is 19.4 Å². The lowest BCUT2D eigenvalue weighted by molar-refractivity contribution is 0.475. The number of fused-ring (bicyclic) bond motifs is 16. The number of hydrogen-bond acceptors (Lipinski definition) is 4. The van der Waals surface area contributed by atoms with Crippen LogP contribution >= 0.6 is 0 Å². The first-order chi connectivity index (χ1) is 53.3. The number of rotatable bonds is 6. The van der Waals surface area contributed by atoms with Crippen LogP contribution in [0.15, 0.2) is 340 Å². The van der Waals surface area contributed by atoms with E-state index in [1.54, 1.807) is 0 Å². The summed E-state index contributed by atoms with van der Waals surface area (Å²) in [5.41, 5.74) is 32.5. The maximum atomic E-state index is 6.42. The van der Waals surface area contributed by atoms with Gasteiger partial charge in [0.2, 0.25) is 0 Å². The monoisotopic (exact) mass is 1400 g/mol. The molecule has 2 aliphatic carbocycles. The molecule has 0 spiro atoms. The van der Waals surface area contributed by atoms with Gasteiger partial charge in [0.1, 0.15) is 0 Å². The standard InChI is InChI=1S/C53H40N2.C52H37NO/c1-53(2)45-18-10-9-15-39(45)40-26-24-37(31-46(40)53)52-42-17-8-7-16-41(42)51(38-25-28-49-50(32-38)55(4)48-20-12-11-19-47(48)54(49)3)43-27-23-36(30-44(43)52)35-22-21-33-13-5-6-14-34(33)29-35;1-52(2)44-17-9-8-14-38(44)39-25-23-36(30-45(39)52)51-41-16-7-6-15-40(41)50(37-24-27-49-47(31-37)53(3)46-18-10-11-19-48(46)54-49)42-26-22-35(29-43(42)51)34-21-20-32-12-4-5-13-33(32)28-34/h5-32H,1-4H3;4-31H,1-3H3. The van der Waals surface area contributed by atoms with Crippen molar-refractivity contribution in [1.29, 1.82) is 0 Å². The van der Waals surface area contributed by atoms with E-state index >= 15 is 0 Å². The van der Waals surface area contributed by atoms with Crippen molar-refractivity contribution in [2.24, 2.45) is 0 Å². The Labute approximate surface area is 636 Å². The minimum absolute atomic E-state index is 0.0926. The zero-order valence-corrected chi connectivity index (χ0v) is 62.1. The molecule has 2 heterocycles. The Balaban J connectivity index is 0.000000139. The van der Waals surface area contributed by atoms with Gasteiger partial charge in [0.25, 0.3) is 0 Å². The highest BCUT2D eigenvalue weighted by atomic mass is 16.5. The lowest BCUT2D eigenvalue weighted by Gasteiger charge is -2.36. The van der Waals surface area contributed by atoms with Crippen LogP contribution in [0, 0.1) is 0 Å². The second-order valence-corrected chi connectivity index (χ2v) is 31.2. The number of para-hydroxylation sites is 4. The smallest absolute Gasteiger partial charge is 0.151 e. The van der Waals surface area contributed by atoms with Crippen LogP contribution in [0.25, 0.3) is 154 Å². The lowest BCUT2D eigenvalue weighted by Crippen LogP contribution is -2.24. The molecule has 518 valence electrons. The third-order valence-electron chi connectivity index (χ3n) is 24.6. The number of benzene rings is 18. The molecule has 0 N–H and O–H groups in total. The van der Waals surface area contributed by atoms with Gasteiger partial charge < -0.3 is 19.4 Å². The first-order valence-electron chi connectivity index (χ1n) is 38.1. The maximum absolute atomic E-state index is 6.42. The van der Waals surface area contributed by atoms with Gasteiger partial charge in [-0.15, -0.1) is 0 Å². The molecule has 18 aromatic carbocycles. The van der Waals surface area contributed by atoms with E-state index in [4.69, 9.17) is 4.74 Å². The van der Waals surface area contributed by atoms with Crippen molar-refractivity contribution in [2.75, 3.05) is 35.8 Å². The van der Waals surface area contributed by atoms with Crippen molar-refractivity contribution < 1.29 is 4.74 Å². The summed E-state index contributed by atoms with van der Waals surface area (Å²) < 4.78 is 6.42. The first-order valence-corrected chi connectivity index (χ1v) is 38.1. The van der Waals surface area contributed by atoms with Gasteiger partial charge in [-0.3, -0.25) is 0 Å². The first kappa shape index (κ1) is 64.1. The maximum Gasteiger partial charge on any atom is 0.151 e. The van der Waals surface area contributed by atoms with Gasteiger partial charge in [-0.25, -0.2) is 0 Å². The van der Waals surface area contributed by atoms with Crippen LogP contribution in [0.1, 0.15) is 49.9 Å². The third kappa shape index (κ3) is 9.91. The molecule has 0 unspecified atom stereocenters. The SMILES string of the molecule is CN1c2ccccc2N(C)c2cc(-c3c4ccccc4c(-c4ccc5c(c4)C(C)(C)c4ccccc4-5)c4cc(-c5ccc6ccccc6c5)ccc34)ccc21.CN1c2ccccc2Oc2ccc(-c3c4ccccc4c(-c4ccc5c(c4)C(C)(C)c4ccccc4-5)c4cc(-c5ccc6ccccc6c5)ccc34)cc21. The Hall–Kier alpha value is -13.3. The fourth-order valence-electron chi connectivity index (χ4n) is 19.0. The van der Waals surface area contributed by atoms with Crippen molar-refractivity contribution in [2.45, 2.75) is 38.5 Å². The molecular weight excluding hydrogens is 1320 g/mol. The predicted octanol–water partition coefficient (Wildman–Crippen LogP) is 28.6. The van der Waals surface area contributed by atoms with E-state index in [2.05, 4.69) is 391 Å². The number of anilines is 6.